The molecule has 0 aliphatic carbocycles. The van der Waals surface area contributed by atoms with E-state index in [0.29, 0.717) is 23.8 Å². The van der Waals surface area contributed by atoms with Crippen molar-refractivity contribution in [1.82, 2.24) is 4.90 Å². The summed E-state index contributed by atoms with van der Waals surface area (Å²) in [6, 6.07) is 10.0. The predicted octanol–water partition coefficient (Wildman–Crippen LogP) is 4.15. The average molecular weight is 416 g/mol. The lowest BCUT2D eigenvalue weighted by Crippen LogP contribution is -2.34. The largest absolute Gasteiger partial charge is 0.503 e. The summed E-state index contributed by atoms with van der Waals surface area (Å²) in [6.07, 6.45) is 0.0189. The molecule has 0 spiro atoms. The lowest BCUT2D eigenvalue weighted by molar-refractivity contribution is -0.130. The van der Waals surface area contributed by atoms with Crippen LogP contribution in [0.2, 0.25) is 0 Å². The molecule has 1 unspecified atom stereocenters. The van der Waals surface area contributed by atoms with Gasteiger partial charge in [-0.2, -0.15) is 0 Å². The van der Waals surface area contributed by atoms with E-state index in [1.165, 1.54) is 16.2 Å². The molecule has 1 aromatic carbocycles. The van der Waals surface area contributed by atoms with Crippen LogP contribution in [0.25, 0.3) is 0 Å². The molecule has 0 saturated heterocycles. The molecule has 0 bridgehead atoms. The SMILES string of the molecule is CCOc1ccc(C2C(C(=O)c3cccs3)=C(O)C(=O)N2CCOC(C)C)cc1. The van der Waals surface area contributed by atoms with Gasteiger partial charge in [0.2, 0.25) is 5.78 Å². The summed E-state index contributed by atoms with van der Waals surface area (Å²) >= 11 is 1.28. The number of aliphatic hydroxyl groups excluding tert-OH is 1. The molecule has 0 saturated carbocycles. The van der Waals surface area contributed by atoms with E-state index in [4.69, 9.17) is 9.47 Å². The Morgan fingerprint density at radius 3 is 2.55 bits per heavy atom. The summed E-state index contributed by atoms with van der Waals surface area (Å²) in [7, 11) is 0. The van der Waals surface area contributed by atoms with Gasteiger partial charge in [0.05, 0.1) is 35.8 Å². The molecule has 1 aromatic heterocycles. The Balaban J connectivity index is 1.97. The van der Waals surface area contributed by atoms with E-state index in [1.807, 2.05) is 32.9 Å². The highest BCUT2D eigenvalue weighted by molar-refractivity contribution is 7.12. The number of ketones is 1. The van der Waals surface area contributed by atoms with Gasteiger partial charge in [0.1, 0.15) is 5.75 Å². The summed E-state index contributed by atoms with van der Waals surface area (Å²) in [4.78, 5) is 27.9. The van der Waals surface area contributed by atoms with E-state index < -0.39 is 17.7 Å². The maximum absolute atomic E-state index is 13.1. The number of rotatable bonds is 9. The predicted molar refractivity (Wildman–Crippen MR) is 111 cm³/mol. The maximum atomic E-state index is 13.1. The van der Waals surface area contributed by atoms with Crippen LogP contribution in [0.1, 0.15) is 42.0 Å². The van der Waals surface area contributed by atoms with Gasteiger partial charge >= 0.3 is 0 Å². The number of thiophene rings is 1. The van der Waals surface area contributed by atoms with Crippen LogP contribution in [0, 0.1) is 0 Å². The molecule has 1 atom stereocenters. The molecule has 154 valence electrons. The molecule has 7 heteroatoms. The van der Waals surface area contributed by atoms with Crippen LogP contribution in [0.3, 0.4) is 0 Å². The number of nitrogens with zero attached hydrogens (tertiary/aromatic N) is 1. The number of aliphatic hydroxyl groups is 1. The topological polar surface area (TPSA) is 76.1 Å². The van der Waals surface area contributed by atoms with Gasteiger partial charge in [-0.1, -0.05) is 18.2 Å². The van der Waals surface area contributed by atoms with Crippen molar-refractivity contribution < 1.29 is 24.2 Å². The average Bonchev–Trinajstić information content (AvgIpc) is 3.31. The zero-order valence-electron chi connectivity index (χ0n) is 16.8. The second kappa shape index (κ2) is 9.24. The number of carbonyl (C=O) groups is 2. The smallest absolute Gasteiger partial charge is 0.290 e. The Morgan fingerprint density at radius 2 is 1.97 bits per heavy atom. The molecule has 0 radical (unpaired) electrons. The molecule has 1 aliphatic rings. The van der Waals surface area contributed by atoms with Gasteiger partial charge in [0, 0.05) is 6.54 Å². The Labute approximate surface area is 174 Å². The van der Waals surface area contributed by atoms with Gasteiger partial charge in [-0.05, 0) is 49.9 Å². The van der Waals surface area contributed by atoms with Gasteiger partial charge in [0.15, 0.2) is 5.76 Å². The Hall–Kier alpha value is -2.64. The third-order valence-electron chi connectivity index (χ3n) is 4.58. The maximum Gasteiger partial charge on any atom is 0.290 e. The van der Waals surface area contributed by atoms with Crippen LogP contribution >= 0.6 is 11.3 Å². The molecule has 6 nitrogen and oxygen atoms in total. The first-order chi connectivity index (χ1) is 13.9. The summed E-state index contributed by atoms with van der Waals surface area (Å²) in [5, 5.41) is 12.4. The van der Waals surface area contributed by atoms with Crippen molar-refractivity contribution in [3.8, 4) is 5.75 Å². The van der Waals surface area contributed by atoms with Crippen molar-refractivity contribution >= 4 is 23.0 Å². The highest BCUT2D eigenvalue weighted by Crippen LogP contribution is 2.39. The van der Waals surface area contributed by atoms with E-state index in [0.717, 1.165) is 5.56 Å². The van der Waals surface area contributed by atoms with E-state index in [9.17, 15) is 14.7 Å². The number of ether oxygens (including phenoxy) is 2. The Bertz CT molecular complexity index is 886. The molecule has 1 N–H and O–H groups in total. The van der Waals surface area contributed by atoms with Crippen molar-refractivity contribution in [2.75, 3.05) is 19.8 Å². The molecule has 1 aliphatic heterocycles. The third-order valence-corrected chi connectivity index (χ3v) is 5.45. The lowest BCUT2D eigenvalue weighted by atomic mass is 9.95. The van der Waals surface area contributed by atoms with E-state index >= 15 is 0 Å². The van der Waals surface area contributed by atoms with E-state index in [1.54, 1.807) is 29.6 Å². The fourth-order valence-corrected chi connectivity index (χ4v) is 3.98. The summed E-state index contributed by atoms with van der Waals surface area (Å²) in [6.45, 7) is 6.85. The monoisotopic (exact) mass is 415 g/mol. The van der Waals surface area contributed by atoms with Gasteiger partial charge in [-0.3, -0.25) is 9.59 Å². The van der Waals surface area contributed by atoms with Gasteiger partial charge in [0.25, 0.3) is 5.91 Å². The van der Waals surface area contributed by atoms with Crippen molar-refractivity contribution in [2.45, 2.75) is 32.9 Å². The molecule has 1 amide bonds. The fraction of sp³-hybridized carbons (Fsp3) is 0.364. The fourth-order valence-electron chi connectivity index (χ4n) is 3.30. The lowest BCUT2D eigenvalue weighted by Gasteiger charge is -2.27. The summed E-state index contributed by atoms with van der Waals surface area (Å²) < 4.78 is 11.1. The van der Waals surface area contributed by atoms with Crippen molar-refractivity contribution in [3.63, 3.8) is 0 Å². The van der Waals surface area contributed by atoms with Crippen LogP contribution in [0.4, 0.5) is 0 Å². The molecule has 3 rings (SSSR count). The Kier molecular flexibility index (Phi) is 6.71. The van der Waals surface area contributed by atoms with Crippen LogP contribution in [0.15, 0.2) is 53.1 Å². The standard InChI is InChI=1S/C22H25NO5S/c1-4-27-16-9-7-15(8-10-16)19-18(20(24)17-6-5-13-29-17)21(25)22(26)23(19)11-12-28-14(2)3/h5-10,13-14,19,25H,4,11-12H2,1-3H3. The first kappa shape index (κ1) is 21.1. The molecule has 29 heavy (non-hydrogen) atoms. The zero-order chi connectivity index (χ0) is 21.0. The molecular weight excluding hydrogens is 390 g/mol. The minimum Gasteiger partial charge on any atom is -0.503 e. The highest BCUT2D eigenvalue weighted by atomic mass is 32.1. The van der Waals surface area contributed by atoms with Crippen LogP contribution in [0.5, 0.6) is 5.75 Å². The molecule has 2 heterocycles. The van der Waals surface area contributed by atoms with E-state index in [2.05, 4.69) is 0 Å². The van der Waals surface area contributed by atoms with Gasteiger partial charge < -0.3 is 19.5 Å². The minimum absolute atomic E-state index is 0.0189. The number of hydrogen-bond donors (Lipinski definition) is 1. The Morgan fingerprint density at radius 1 is 1.24 bits per heavy atom. The summed E-state index contributed by atoms with van der Waals surface area (Å²) in [5.41, 5.74) is 0.835. The van der Waals surface area contributed by atoms with Crippen LogP contribution in [-0.2, 0) is 9.53 Å². The quantitative estimate of drug-likeness (QED) is 0.623. The molecule has 0 fully saturated rings. The first-order valence-electron chi connectivity index (χ1n) is 9.60. The number of Topliss-reactive ketones (excluding diaryl/α,β-unsaturated/α-hetero) is 1. The van der Waals surface area contributed by atoms with Crippen molar-refractivity contribution in [1.29, 1.82) is 0 Å². The first-order valence-corrected chi connectivity index (χ1v) is 10.5. The van der Waals surface area contributed by atoms with Crippen LogP contribution < -0.4 is 4.74 Å². The van der Waals surface area contributed by atoms with Crippen molar-refractivity contribution in [2.24, 2.45) is 0 Å². The van der Waals surface area contributed by atoms with Crippen molar-refractivity contribution in [3.05, 3.63) is 63.6 Å². The number of benzene rings is 1. The second-order valence-corrected chi connectivity index (χ2v) is 7.84. The normalized spacial score (nSPS) is 16.8. The minimum atomic E-state index is -0.677. The number of hydrogen-bond acceptors (Lipinski definition) is 6. The zero-order valence-corrected chi connectivity index (χ0v) is 17.6. The number of amides is 1. The summed E-state index contributed by atoms with van der Waals surface area (Å²) in [5.74, 6) is -0.686. The molecular formula is C22H25NO5S. The highest BCUT2D eigenvalue weighted by Gasteiger charge is 2.43. The van der Waals surface area contributed by atoms with Crippen LogP contribution in [-0.4, -0.2) is 47.6 Å². The number of carbonyl (C=O) groups excluding carboxylic acids is 2. The third kappa shape index (κ3) is 4.52. The van der Waals surface area contributed by atoms with Gasteiger partial charge in [-0.25, -0.2) is 0 Å². The van der Waals surface area contributed by atoms with E-state index in [-0.39, 0.29) is 24.0 Å². The van der Waals surface area contributed by atoms with Gasteiger partial charge in [-0.15, -0.1) is 11.3 Å². The molecule has 2 aromatic rings. The second-order valence-electron chi connectivity index (χ2n) is 6.89.